The standard InChI is InChI=1S/C12H18N2O4S/c1-12(4-6-18-7-5-12)14-19(16,17)9-2-3-11(15)10(13)8-9/h2-3,8,14-15H,4-7,13H2,1H3. The fourth-order valence-corrected chi connectivity index (χ4v) is 3.51. The van der Waals surface area contributed by atoms with Crippen molar-refractivity contribution in [1.29, 1.82) is 0 Å². The van der Waals surface area contributed by atoms with Gasteiger partial charge in [-0.2, -0.15) is 0 Å². The van der Waals surface area contributed by atoms with Crippen LogP contribution in [0.5, 0.6) is 5.75 Å². The van der Waals surface area contributed by atoms with Crippen LogP contribution in [0, 0.1) is 0 Å². The van der Waals surface area contributed by atoms with E-state index in [9.17, 15) is 13.5 Å². The summed E-state index contributed by atoms with van der Waals surface area (Å²) in [5.74, 6) is -0.128. The highest BCUT2D eigenvalue weighted by Gasteiger charge is 2.32. The van der Waals surface area contributed by atoms with Gasteiger partial charge in [0.2, 0.25) is 10.0 Å². The number of nitrogen functional groups attached to an aromatic ring is 1. The van der Waals surface area contributed by atoms with Crippen LogP contribution < -0.4 is 10.5 Å². The second-order valence-electron chi connectivity index (χ2n) is 5.00. The van der Waals surface area contributed by atoms with Crippen molar-refractivity contribution in [3.63, 3.8) is 0 Å². The van der Waals surface area contributed by atoms with Gasteiger partial charge >= 0.3 is 0 Å². The zero-order valence-electron chi connectivity index (χ0n) is 10.7. The first-order valence-corrected chi connectivity index (χ1v) is 7.51. The highest BCUT2D eigenvalue weighted by Crippen LogP contribution is 2.26. The van der Waals surface area contributed by atoms with Gasteiger partial charge in [-0.15, -0.1) is 0 Å². The average molecular weight is 286 g/mol. The van der Waals surface area contributed by atoms with Gasteiger partial charge in [0.25, 0.3) is 0 Å². The average Bonchev–Trinajstić information content (AvgIpc) is 2.32. The molecule has 0 amide bonds. The molecule has 6 nitrogen and oxygen atoms in total. The number of nitrogens with one attached hydrogen (secondary N) is 1. The summed E-state index contributed by atoms with van der Waals surface area (Å²) in [7, 11) is -3.65. The number of phenolic OH excluding ortho intramolecular Hbond substituents is 1. The second kappa shape index (κ2) is 4.99. The Bertz CT molecular complexity index is 565. The summed E-state index contributed by atoms with van der Waals surface area (Å²) >= 11 is 0. The van der Waals surface area contributed by atoms with E-state index in [0.717, 1.165) is 0 Å². The van der Waals surface area contributed by atoms with Gasteiger partial charge in [-0.1, -0.05) is 0 Å². The zero-order valence-corrected chi connectivity index (χ0v) is 11.5. The first-order valence-electron chi connectivity index (χ1n) is 6.03. The van der Waals surface area contributed by atoms with E-state index in [4.69, 9.17) is 10.5 Å². The fraction of sp³-hybridized carbons (Fsp3) is 0.500. The summed E-state index contributed by atoms with van der Waals surface area (Å²) in [5.41, 5.74) is 5.05. The fourth-order valence-electron chi connectivity index (χ4n) is 2.01. The summed E-state index contributed by atoms with van der Waals surface area (Å²) in [6.45, 7) is 2.93. The molecular formula is C12H18N2O4S. The Morgan fingerprint density at radius 3 is 2.58 bits per heavy atom. The lowest BCUT2D eigenvalue weighted by Gasteiger charge is -2.34. The van der Waals surface area contributed by atoms with E-state index in [2.05, 4.69) is 4.72 Å². The number of hydrogen-bond donors (Lipinski definition) is 3. The first kappa shape index (κ1) is 14.1. The third kappa shape index (κ3) is 3.17. The Morgan fingerprint density at radius 2 is 2.00 bits per heavy atom. The summed E-state index contributed by atoms with van der Waals surface area (Å²) < 4.78 is 32.5. The van der Waals surface area contributed by atoms with Crippen molar-refractivity contribution in [3.8, 4) is 5.75 Å². The molecule has 1 heterocycles. The molecule has 0 atom stereocenters. The number of rotatable bonds is 3. The number of hydrogen-bond acceptors (Lipinski definition) is 5. The van der Waals surface area contributed by atoms with Crippen LogP contribution in [0.4, 0.5) is 5.69 Å². The number of phenols is 1. The summed E-state index contributed by atoms with van der Waals surface area (Å²) in [6.07, 6.45) is 1.25. The molecule has 0 aromatic heterocycles. The van der Waals surface area contributed by atoms with Gasteiger partial charge < -0.3 is 15.6 Å². The molecule has 0 bridgehead atoms. The molecular weight excluding hydrogens is 268 g/mol. The number of benzene rings is 1. The van der Waals surface area contributed by atoms with Crippen LogP contribution in [-0.4, -0.2) is 32.3 Å². The first-order chi connectivity index (χ1) is 8.82. The number of anilines is 1. The lowest BCUT2D eigenvalue weighted by atomic mass is 9.94. The lowest BCUT2D eigenvalue weighted by Crippen LogP contribution is -2.49. The molecule has 2 rings (SSSR count). The van der Waals surface area contributed by atoms with E-state index in [0.29, 0.717) is 26.1 Å². The molecule has 1 aromatic rings. The Kier molecular flexibility index (Phi) is 3.71. The van der Waals surface area contributed by atoms with Crippen LogP contribution in [0.15, 0.2) is 23.1 Å². The van der Waals surface area contributed by atoms with Gasteiger partial charge in [0.15, 0.2) is 0 Å². The third-order valence-electron chi connectivity index (χ3n) is 3.29. The van der Waals surface area contributed by atoms with E-state index >= 15 is 0 Å². The zero-order chi connectivity index (χ0) is 14.1. The summed E-state index contributed by atoms with van der Waals surface area (Å²) in [6, 6.07) is 3.85. The van der Waals surface area contributed by atoms with Crippen molar-refractivity contribution in [3.05, 3.63) is 18.2 Å². The molecule has 106 valence electrons. The molecule has 0 spiro atoms. The third-order valence-corrected chi connectivity index (χ3v) is 4.92. The maximum atomic E-state index is 12.3. The topological polar surface area (TPSA) is 102 Å². The minimum absolute atomic E-state index is 0.0417. The number of nitrogens with two attached hydrogens (primary N) is 1. The molecule has 19 heavy (non-hydrogen) atoms. The van der Waals surface area contributed by atoms with E-state index in [-0.39, 0.29) is 16.3 Å². The molecule has 1 aliphatic heterocycles. The van der Waals surface area contributed by atoms with Gasteiger partial charge in [0.05, 0.1) is 10.6 Å². The van der Waals surface area contributed by atoms with Gasteiger partial charge in [-0.3, -0.25) is 0 Å². The SMILES string of the molecule is CC1(NS(=O)(=O)c2ccc(O)c(N)c2)CCOCC1. The highest BCUT2D eigenvalue weighted by atomic mass is 32.2. The largest absolute Gasteiger partial charge is 0.506 e. The van der Waals surface area contributed by atoms with E-state index in [1.807, 2.05) is 6.92 Å². The Morgan fingerprint density at radius 1 is 1.37 bits per heavy atom. The Hall–Kier alpha value is -1.31. The number of aromatic hydroxyl groups is 1. The number of ether oxygens (including phenoxy) is 1. The molecule has 4 N–H and O–H groups in total. The molecule has 1 aromatic carbocycles. The Balaban J connectivity index is 2.24. The van der Waals surface area contributed by atoms with Crippen LogP contribution in [0.1, 0.15) is 19.8 Å². The van der Waals surface area contributed by atoms with Gasteiger partial charge in [0, 0.05) is 18.8 Å². The van der Waals surface area contributed by atoms with Crippen molar-refractivity contribution in [2.75, 3.05) is 18.9 Å². The monoisotopic (exact) mass is 286 g/mol. The highest BCUT2D eigenvalue weighted by molar-refractivity contribution is 7.89. The Labute approximate surface area is 112 Å². The van der Waals surface area contributed by atoms with Crippen LogP contribution in [0.2, 0.25) is 0 Å². The van der Waals surface area contributed by atoms with Gasteiger partial charge in [-0.25, -0.2) is 13.1 Å². The molecule has 7 heteroatoms. The molecule has 1 fully saturated rings. The van der Waals surface area contributed by atoms with Crippen molar-refractivity contribution in [2.45, 2.75) is 30.2 Å². The predicted octanol–water partition coefficient (Wildman–Crippen LogP) is 0.822. The van der Waals surface area contributed by atoms with Gasteiger partial charge in [0.1, 0.15) is 5.75 Å². The smallest absolute Gasteiger partial charge is 0.241 e. The van der Waals surface area contributed by atoms with Crippen molar-refractivity contribution < 1.29 is 18.3 Å². The normalized spacial score (nSPS) is 19.2. The molecule has 1 aliphatic rings. The predicted molar refractivity (Wildman–Crippen MR) is 71.3 cm³/mol. The summed E-state index contributed by atoms with van der Waals surface area (Å²) in [4.78, 5) is 0.0514. The molecule has 0 unspecified atom stereocenters. The van der Waals surface area contributed by atoms with Crippen LogP contribution in [0.25, 0.3) is 0 Å². The quantitative estimate of drug-likeness (QED) is 0.564. The van der Waals surface area contributed by atoms with E-state index in [1.54, 1.807) is 0 Å². The molecule has 0 saturated carbocycles. The van der Waals surface area contributed by atoms with Gasteiger partial charge in [-0.05, 0) is 38.0 Å². The van der Waals surface area contributed by atoms with Crippen molar-refractivity contribution in [2.24, 2.45) is 0 Å². The maximum absolute atomic E-state index is 12.3. The summed E-state index contributed by atoms with van der Waals surface area (Å²) in [5, 5.41) is 9.32. The molecule has 1 saturated heterocycles. The van der Waals surface area contributed by atoms with Crippen LogP contribution in [-0.2, 0) is 14.8 Å². The lowest BCUT2D eigenvalue weighted by molar-refractivity contribution is 0.0537. The molecule has 0 aliphatic carbocycles. The van der Waals surface area contributed by atoms with E-state index in [1.165, 1.54) is 18.2 Å². The minimum Gasteiger partial charge on any atom is -0.506 e. The minimum atomic E-state index is -3.65. The maximum Gasteiger partial charge on any atom is 0.241 e. The van der Waals surface area contributed by atoms with Crippen LogP contribution in [0.3, 0.4) is 0 Å². The molecule has 0 radical (unpaired) electrons. The number of sulfonamides is 1. The van der Waals surface area contributed by atoms with E-state index < -0.39 is 15.6 Å². The van der Waals surface area contributed by atoms with Crippen LogP contribution >= 0.6 is 0 Å². The second-order valence-corrected chi connectivity index (χ2v) is 6.68. The van der Waals surface area contributed by atoms with Crippen molar-refractivity contribution in [1.82, 2.24) is 4.72 Å². The van der Waals surface area contributed by atoms with Crippen molar-refractivity contribution >= 4 is 15.7 Å².